The third kappa shape index (κ3) is 1.92. The van der Waals surface area contributed by atoms with Gasteiger partial charge in [0.1, 0.15) is 11.3 Å². The van der Waals surface area contributed by atoms with Crippen LogP contribution in [-0.4, -0.2) is 45.7 Å². The average molecular weight is 272 g/mol. The predicted molar refractivity (Wildman–Crippen MR) is 76.6 cm³/mol. The topological polar surface area (TPSA) is 81.6 Å². The summed E-state index contributed by atoms with van der Waals surface area (Å²) < 4.78 is 6.89. The maximum atomic E-state index is 5.97. The van der Waals surface area contributed by atoms with E-state index in [0.29, 0.717) is 35.2 Å². The fraction of sp³-hybridized carbons (Fsp3) is 0.308. The zero-order chi connectivity index (χ0) is 14.3. The lowest BCUT2D eigenvalue weighted by Gasteiger charge is -2.06. The molecule has 3 aromatic rings. The van der Waals surface area contributed by atoms with Crippen molar-refractivity contribution in [3.63, 3.8) is 0 Å². The Bertz CT molecular complexity index is 779. The minimum atomic E-state index is 0.300. The molecular weight excluding hydrogens is 256 g/mol. The number of fused-ring (bicyclic) bond motifs is 3. The van der Waals surface area contributed by atoms with E-state index in [9.17, 15) is 0 Å². The van der Waals surface area contributed by atoms with E-state index in [1.54, 1.807) is 11.6 Å². The summed E-state index contributed by atoms with van der Waals surface area (Å²) in [5, 5.41) is 5.26. The predicted octanol–water partition coefficient (Wildman–Crippen LogP) is 0.930. The molecule has 2 heterocycles. The maximum absolute atomic E-state index is 5.97. The first-order chi connectivity index (χ1) is 9.60. The molecule has 0 atom stereocenters. The molecule has 7 heteroatoms. The first kappa shape index (κ1) is 12.6. The standard InChI is InChI=1S/C13H16N6O/c1-18(2)7-10-15-12-8-5-4-6-9(20-3)11(8)16-13(14)19(12)17-10/h4-6H,7H2,1-3H3,(H2,14,16). The minimum absolute atomic E-state index is 0.300. The van der Waals surface area contributed by atoms with Crippen molar-refractivity contribution in [2.45, 2.75) is 6.54 Å². The Labute approximate surface area is 116 Å². The molecule has 7 nitrogen and oxygen atoms in total. The highest BCUT2D eigenvalue weighted by Crippen LogP contribution is 2.27. The van der Waals surface area contributed by atoms with Crippen molar-refractivity contribution in [3.05, 3.63) is 24.0 Å². The Kier molecular flexibility index (Phi) is 2.90. The van der Waals surface area contributed by atoms with Gasteiger partial charge in [0, 0.05) is 5.39 Å². The quantitative estimate of drug-likeness (QED) is 0.764. The van der Waals surface area contributed by atoms with Crippen molar-refractivity contribution in [3.8, 4) is 5.75 Å². The van der Waals surface area contributed by atoms with Crippen LogP contribution in [0.1, 0.15) is 5.82 Å². The molecule has 0 bridgehead atoms. The summed E-state index contributed by atoms with van der Waals surface area (Å²) >= 11 is 0. The fourth-order valence-corrected chi connectivity index (χ4v) is 2.18. The number of hydrogen-bond donors (Lipinski definition) is 1. The lowest BCUT2D eigenvalue weighted by atomic mass is 10.2. The molecule has 0 saturated heterocycles. The number of nitrogens with two attached hydrogens (primary N) is 1. The number of aromatic nitrogens is 4. The van der Waals surface area contributed by atoms with E-state index in [4.69, 9.17) is 10.5 Å². The van der Waals surface area contributed by atoms with Crippen molar-refractivity contribution in [1.29, 1.82) is 0 Å². The summed E-state index contributed by atoms with van der Waals surface area (Å²) in [6, 6.07) is 5.69. The average Bonchev–Trinajstić information content (AvgIpc) is 2.82. The Hall–Kier alpha value is -2.41. The number of hydrogen-bond acceptors (Lipinski definition) is 6. The van der Waals surface area contributed by atoms with Gasteiger partial charge in [-0.3, -0.25) is 0 Å². The molecular formula is C13H16N6O. The Morgan fingerprint density at radius 1 is 1.30 bits per heavy atom. The molecule has 0 amide bonds. The molecule has 0 saturated carbocycles. The third-order valence-electron chi connectivity index (χ3n) is 3.01. The van der Waals surface area contributed by atoms with Gasteiger partial charge < -0.3 is 15.4 Å². The van der Waals surface area contributed by atoms with Crippen molar-refractivity contribution in [2.75, 3.05) is 26.9 Å². The zero-order valence-corrected chi connectivity index (χ0v) is 11.7. The highest BCUT2D eigenvalue weighted by molar-refractivity contribution is 5.95. The minimum Gasteiger partial charge on any atom is -0.494 e. The summed E-state index contributed by atoms with van der Waals surface area (Å²) in [5.41, 5.74) is 7.37. The summed E-state index contributed by atoms with van der Waals surface area (Å²) in [6.07, 6.45) is 0. The van der Waals surface area contributed by atoms with Crippen molar-refractivity contribution in [2.24, 2.45) is 0 Å². The van der Waals surface area contributed by atoms with Gasteiger partial charge in [-0.2, -0.15) is 4.52 Å². The van der Waals surface area contributed by atoms with E-state index in [0.717, 1.165) is 5.39 Å². The van der Waals surface area contributed by atoms with Gasteiger partial charge in [-0.25, -0.2) is 9.97 Å². The van der Waals surface area contributed by atoms with Gasteiger partial charge in [-0.15, -0.1) is 5.10 Å². The summed E-state index contributed by atoms with van der Waals surface area (Å²) in [4.78, 5) is 10.9. The molecule has 0 aliphatic rings. The highest BCUT2D eigenvalue weighted by atomic mass is 16.5. The zero-order valence-electron chi connectivity index (χ0n) is 11.7. The monoisotopic (exact) mass is 272 g/mol. The second-order valence-corrected chi connectivity index (χ2v) is 4.83. The van der Waals surface area contributed by atoms with Crippen LogP contribution in [0.3, 0.4) is 0 Å². The largest absolute Gasteiger partial charge is 0.494 e. The van der Waals surface area contributed by atoms with E-state index < -0.39 is 0 Å². The molecule has 0 unspecified atom stereocenters. The van der Waals surface area contributed by atoms with Gasteiger partial charge in [-0.05, 0) is 26.2 Å². The van der Waals surface area contributed by atoms with E-state index >= 15 is 0 Å². The van der Waals surface area contributed by atoms with E-state index in [1.165, 1.54) is 0 Å². The molecule has 0 aliphatic heterocycles. The van der Waals surface area contributed by atoms with Crippen LogP contribution < -0.4 is 10.5 Å². The molecule has 0 spiro atoms. The molecule has 1 aromatic carbocycles. The fourth-order valence-electron chi connectivity index (χ4n) is 2.18. The summed E-state index contributed by atoms with van der Waals surface area (Å²) in [7, 11) is 5.54. The van der Waals surface area contributed by atoms with E-state index in [-0.39, 0.29) is 0 Å². The van der Waals surface area contributed by atoms with E-state index in [2.05, 4.69) is 15.1 Å². The van der Waals surface area contributed by atoms with Gasteiger partial charge in [-0.1, -0.05) is 6.07 Å². The van der Waals surface area contributed by atoms with Gasteiger partial charge in [0.25, 0.3) is 0 Å². The number of benzene rings is 1. The number of nitrogen functional groups attached to an aromatic ring is 1. The number of ether oxygens (including phenoxy) is 1. The molecule has 2 aromatic heterocycles. The second-order valence-electron chi connectivity index (χ2n) is 4.83. The van der Waals surface area contributed by atoms with Crippen LogP contribution in [-0.2, 0) is 6.54 Å². The smallest absolute Gasteiger partial charge is 0.223 e. The lowest BCUT2D eigenvalue weighted by molar-refractivity contribution is 0.390. The normalized spacial score (nSPS) is 11.6. The Balaban J connectivity index is 2.32. The van der Waals surface area contributed by atoms with Gasteiger partial charge >= 0.3 is 0 Å². The second kappa shape index (κ2) is 4.61. The Morgan fingerprint density at radius 2 is 2.10 bits per heavy atom. The van der Waals surface area contributed by atoms with Crippen LogP contribution in [0.4, 0.5) is 5.95 Å². The highest BCUT2D eigenvalue weighted by Gasteiger charge is 2.14. The first-order valence-electron chi connectivity index (χ1n) is 6.22. The van der Waals surface area contributed by atoms with Crippen LogP contribution in [0, 0.1) is 0 Å². The maximum Gasteiger partial charge on any atom is 0.223 e. The van der Waals surface area contributed by atoms with E-state index in [1.807, 2.05) is 37.2 Å². The number of methoxy groups -OCH3 is 1. The van der Waals surface area contributed by atoms with Crippen LogP contribution in [0.2, 0.25) is 0 Å². The number of para-hydroxylation sites is 1. The van der Waals surface area contributed by atoms with Gasteiger partial charge in [0.05, 0.1) is 13.7 Å². The van der Waals surface area contributed by atoms with Crippen molar-refractivity contribution < 1.29 is 4.74 Å². The molecule has 0 aliphatic carbocycles. The Morgan fingerprint density at radius 3 is 2.80 bits per heavy atom. The van der Waals surface area contributed by atoms with Crippen LogP contribution in [0.15, 0.2) is 18.2 Å². The first-order valence-corrected chi connectivity index (χ1v) is 6.22. The SMILES string of the molecule is COc1cccc2c1nc(N)n1nc(CN(C)C)nc21. The van der Waals surface area contributed by atoms with Crippen molar-refractivity contribution >= 4 is 22.5 Å². The molecule has 104 valence electrons. The van der Waals surface area contributed by atoms with Crippen LogP contribution in [0.5, 0.6) is 5.75 Å². The number of rotatable bonds is 3. The summed E-state index contributed by atoms with van der Waals surface area (Å²) in [6.45, 7) is 0.645. The molecule has 2 N–H and O–H groups in total. The summed E-state index contributed by atoms with van der Waals surface area (Å²) in [5.74, 6) is 1.68. The van der Waals surface area contributed by atoms with Crippen LogP contribution >= 0.6 is 0 Å². The molecule has 3 rings (SSSR count). The molecule has 0 fully saturated rings. The van der Waals surface area contributed by atoms with Crippen LogP contribution in [0.25, 0.3) is 16.6 Å². The van der Waals surface area contributed by atoms with Gasteiger partial charge in [0.15, 0.2) is 11.5 Å². The number of anilines is 1. The molecule has 20 heavy (non-hydrogen) atoms. The number of nitrogens with zero attached hydrogens (tertiary/aromatic N) is 5. The third-order valence-corrected chi connectivity index (χ3v) is 3.01. The lowest BCUT2D eigenvalue weighted by Crippen LogP contribution is -2.12. The van der Waals surface area contributed by atoms with Crippen molar-refractivity contribution in [1.82, 2.24) is 24.5 Å². The van der Waals surface area contributed by atoms with Gasteiger partial charge in [0.2, 0.25) is 5.95 Å². The molecule has 0 radical (unpaired) electrons.